The Morgan fingerprint density at radius 1 is 1.14 bits per heavy atom. The van der Waals surface area contributed by atoms with E-state index in [4.69, 9.17) is 4.74 Å². The number of carbonyl (C=O) groups excluding carboxylic acids is 2. The smallest absolute Gasteiger partial charge is 0.340 e. The number of thiophene rings is 1. The van der Waals surface area contributed by atoms with Gasteiger partial charge in [-0.2, -0.15) is 0 Å². The van der Waals surface area contributed by atoms with E-state index in [0.717, 1.165) is 11.3 Å². The van der Waals surface area contributed by atoms with Crippen LogP contribution >= 0.6 is 27.3 Å². The van der Waals surface area contributed by atoms with E-state index >= 15 is 0 Å². The topological polar surface area (TPSA) is 92.8 Å². The molecule has 10 heteroatoms. The zero-order valence-electron chi connectivity index (χ0n) is 15.3. The third-order valence-corrected chi connectivity index (χ3v) is 7.06. The number of halogens is 1. The molecule has 2 rings (SSSR count). The molecule has 1 aromatic heterocycles. The fraction of sp³-hybridized carbons (Fsp3) is 0.158. The molecule has 0 spiro atoms. The first-order chi connectivity index (χ1) is 13.8. The van der Waals surface area contributed by atoms with Crippen LogP contribution in [0.5, 0.6) is 0 Å². The second-order valence-electron chi connectivity index (χ2n) is 5.66. The minimum Gasteiger partial charge on any atom is -0.452 e. The lowest BCUT2D eigenvalue weighted by atomic mass is 10.2. The number of anilines is 1. The number of carbonyl (C=O) groups is 2. The fourth-order valence-corrected chi connectivity index (χ4v) is 5.36. The highest BCUT2D eigenvalue weighted by molar-refractivity contribution is 9.11. The van der Waals surface area contributed by atoms with Crippen LogP contribution in [0.25, 0.3) is 0 Å². The molecule has 0 atom stereocenters. The molecule has 0 bridgehead atoms. The van der Waals surface area contributed by atoms with Gasteiger partial charge < -0.3 is 9.64 Å². The second kappa shape index (κ2) is 10.4. The second-order valence-corrected chi connectivity index (χ2v) is 10.0. The van der Waals surface area contributed by atoms with Gasteiger partial charge in [0.1, 0.15) is 4.21 Å². The molecule has 29 heavy (non-hydrogen) atoms. The van der Waals surface area contributed by atoms with Gasteiger partial charge in [0.2, 0.25) is 0 Å². The van der Waals surface area contributed by atoms with Crippen molar-refractivity contribution >= 4 is 54.9 Å². The summed E-state index contributed by atoms with van der Waals surface area (Å²) in [5.74, 6) is -1.24. The Bertz CT molecular complexity index is 1010. The van der Waals surface area contributed by atoms with Crippen LogP contribution in [0.15, 0.2) is 69.7 Å². The first-order valence-corrected chi connectivity index (χ1v) is 11.4. The van der Waals surface area contributed by atoms with Crippen LogP contribution in [-0.4, -0.2) is 44.9 Å². The molecule has 7 nitrogen and oxygen atoms in total. The summed E-state index contributed by atoms with van der Waals surface area (Å²) in [5.41, 5.74) is 0.0574. The average Bonchev–Trinajstić information content (AvgIpc) is 3.13. The summed E-state index contributed by atoms with van der Waals surface area (Å²) in [6.45, 7) is 7.24. The molecule has 0 saturated heterocycles. The molecule has 1 N–H and O–H groups in total. The van der Waals surface area contributed by atoms with E-state index in [9.17, 15) is 18.0 Å². The molecular weight excluding hydrogens is 480 g/mol. The summed E-state index contributed by atoms with van der Waals surface area (Å²) in [6, 6.07) is 9.08. The molecule has 1 heterocycles. The molecule has 1 amide bonds. The summed E-state index contributed by atoms with van der Waals surface area (Å²) in [5, 5.41) is 0. The van der Waals surface area contributed by atoms with Gasteiger partial charge >= 0.3 is 5.97 Å². The Kier molecular flexibility index (Phi) is 8.18. The third-order valence-electron chi connectivity index (χ3n) is 3.58. The summed E-state index contributed by atoms with van der Waals surface area (Å²) < 4.78 is 33.3. The number of amides is 1. The van der Waals surface area contributed by atoms with Gasteiger partial charge in [-0.25, -0.2) is 13.2 Å². The molecule has 0 unspecified atom stereocenters. The van der Waals surface area contributed by atoms with Gasteiger partial charge in [-0.05, 0) is 40.2 Å². The third kappa shape index (κ3) is 6.28. The Morgan fingerprint density at radius 3 is 2.38 bits per heavy atom. The maximum absolute atomic E-state index is 12.5. The van der Waals surface area contributed by atoms with Gasteiger partial charge in [-0.15, -0.1) is 24.5 Å². The molecule has 2 aromatic rings. The Morgan fingerprint density at radius 2 is 1.79 bits per heavy atom. The Labute approximate surface area is 181 Å². The number of ether oxygens (including phenoxy) is 1. The van der Waals surface area contributed by atoms with Crippen molar-refractivity contribution in [3.63, 3.8) is 0 Å². The maximum atomic E-state index is 12.5. The van der Waals surface area contributed by atoms with Crippen molar-refractivity contribution in [2.45, 2.75) is 4.21 Å². The van der Waals surface area contributed by atoms with Gasteiger partial charge in [0.15, 0.2) is 6.61 Å². The van der Waals surface area contributed by atoms with Crippen LogP contribution in [-0.2, 0) is 19.6 Å². The van der Waals surface area contributed by atoms with Gasteiger partial charge in [0.05, 0.1) is 15.0 Å². The number of hydrogen-bond donors (Lipinski definition) is 1. The summed E-state index contributed by atoms with van der Waals surface area (Å²) in [6.07, 6.45) is 3.10. The molecule has 1 aromatic carbocycles. The molecule has 0 aliphatic rings. The van der Waals surface area contributed by atoms with Crippen molar-refractivity contribution in [2.24, 2.45) is 0 Å². The van der Waals surface area contributed by atoms with Crippen LogP contribution in [0.3, 0.4) is 0 Å². The first kappa shape index (κ1) is 22.9. The predicted molar refractivity (Wildman–Crippen MR) is 117 cm³/mol. The molecule has 0 saturated carbocycles. The van der Waals surface area contributed by atoms with E-state index in [2.05, 4.69) is 33.8 Å². The van der Waals surface area contributed by atoms with E-state index in [1.54, 1.807) is 30.4 Å². The normalized spacial score (nSPS) is 10.8. The Hall–Kier alpha value is -2.43. The van der Waals surface area contributed by atoms with E-state index in [1.165, 1.54) is 23.1 Å². The van der Waals surface area contributed by atoms with Crippen LogP contribution in [0, 0.1) is 0 Å². The fourth-order valence-electron chi connectivity index (χ4n) is 2.27. The van der Waals surface area contributed by atoms with Gasteiger partial charge in [-0.3, -0.25) is 9.52 Å². The summed E-state index contributed by atoms with van der Waals surface area (Å²) in [7, 11) is -3.87. The standard InChI is InChI=1S/C19H19BrN2O5S2/c1-3-11-22(12-4-2)17(23)13-27-19(24)14-7-5-6-8-15(14)21-29(25,26)18-10-9-16(20)28-18/h3-10,21H,1-2,11-13H2. The predicted octanol–water partition coefficient (Wildman–Crippen LogP) is 3.67. The number of nitrogens with zero attached hydrogens (tertiary/aromatic N) is 1. The number of nitrogens with one attached hydrogen (secondary N) is 1. The molecule has 0 aliphatic heterocycles. The number of benzene rings is 1. The molecule has 0 fully saturated rings. The number of para-hydroxylation sites is 1. The average molecular weight is 499 g/mol. The largest absolute Gasteiger partial charge is 0.452 e. The molecule has 0 radical (unpaired) electrons. The minimum atomic E-state index is -3.87. The Balaban J connectivity index is 2.13. The van der Waals surface area contributed by atoms with Crippen molar-refractivity contribution in [1.29, 1.82) is 0 Å². The number of rotatable bonds is 10. The van der Waals surface area contributed by atoms with Crippen LogP contribution in [0.2, 0.25) is 0 Å². The van der Waals surface area contributed by atoms with Crippen LogP contribution in [0.1, 0.15) is 10.4 Å². The summed E-state index contributed by atoms with van der Waals surface area (Å²) >= 11 is 4.26. The minimum absolute atomic E-state index is 0.00140. The SMILES string of the molecule is C=CCN(CC=C)C(=O)COC(=O)c1ccccc1NS(=O)(=O)c1ccc(Br)s1. The van der Waals surface area contributed by atoms with E-state index < -0.39 is 28.5 Å². The van der Waals surface area contributed by atoms with Gasteiger partial charge in [0, 0.05) is 13.1 Å². The van der Waals surface area contributed by atoms with E-state index in [1.807, 2.05) is 0 Å². The lowest BCUT2D eigenvalue weighted by molar-refractivity contribution is -0.133. The zero-order chi connectivity index (χ0) is 21.4. The quantitative estimate of drug-likeness (QED) is 0.398. The monoisotopic (exact) mass is 498 g/mol. The van der Waals surface area contributed by atoms with Crippen molar-refractivity contribution in [3.8, 4) is 0 Å². The number of sulfonamides is 1. The highest BCUT2D eigenvalue weighted by Crippen LogP contribution is 2.28. The lowest BCUT2D eigenvalue weighted by Gasteiger charge is -2.19. The molecule has 0 aliphatic carbocycles. The van der Waals surface area contributed by atoms with Gasteiger partial charge in [-0.1, -0.05) is 24.3 Å². The van der Waals surface area contributed by atoms with Crippen molar-refractivity contribution in [2.75, 3.05) is 24.4 Å². The zero-order valence-corrected chi connectivity index (χ0v) is 18.6. The lowest BCUT2D eigenvalue weighted by Crippen LogP contribution is -2.35. The highest BCUT2D eigenvalue weighted by Gasteiger charge is 2.22. The highest BCUT2D eigenvalue weighted by atomic mass is 79.9. The van der Waals surface area contributed by atoms with Crippen molar-refractivity contribution in [1.82, 2.24) is 4.90 Å². The van der Waals surface area contributed by atoms with E-state index in [-0.39, 0.29) is 28.5 Å². The maximum Gasteiger partial charge on any atom is 0.340 e. The summed E-state index contributed by atoms with van der Waals surface area (Å²) in [4.78, 5) is 26.1. The van der Waals surface area contributed by atoms with Crippen LogP contribution < -0.4 is 4.72 Å². The number of esters is 1. The van der Waals surface area contributed by atoms with E-state index in [0.29, 0.717) is 3.79 Å². The molecule has 154 valence electrons. The van der Waals surface area contributed by atoms with Crippen LogP contribution in [0.4, 0.5) is 5.69 Å². The molecular formula is C19H19BrN2O5S2. The van der Waals surface area contributed by atoms with Crippen molar-refractivity contribution in [3.05, 3.63) is 71.1 Å². The first-order valence-electron chi connectivity index (χ1n) is 8.32. The van der Waals surface area contributed by atoms with Gasteiger partial charge in [0.25, 0.3) is 15.9 Å². The number of hydrogen-bond acceptors (Lipinski definition) is 6. The van der Waals surface area contributed by atoms with Crippen molar-refractivity contribution < 1.29 is 22.7 Å².